The molecule has 1 aliphatic carbocycles. The van der Waals surface area contributed by atoms with Gasteiger partial charge in [-0.1, -0.05) is 23.5 Å². The molecule has 0 saturated heterocycles. The molecule has 26 heavy (non-hydrogen) atoms. The maximum Gasteiger partial charge on any atom is 0.240 e. The highest BCUT2D eigenvalue weighted by Gasteiger charge is 2.51. The van der Waals surface area contributed by atoms with Crippen LogP contribution in [-0.2, 0) is 10.2 Å². The lowest BCUT2D eigenvalue weighted by Crippen LogP contribution is -2.53. The van der Waals surface area contributed by atoms with Crippen LogP contribution in [0.25, 0.3) is 10.2 Å². The number of thiazole rings is 1. The summed E-state index contributed by atoms with van der Waals surface area (Å²) in [5.74, 6) is 0.827. The van der Waals surface area contributed by atoms with Gasteiger partial charge in [-0.05, 0) is 38.8 Å². The Hall–Kier alpha value is -2.54. The van der Waals surface area contributed by atoms with Crippen LogP contribution in [0.5, 0.6) is 0 Å². The van der Waals surface area contributed by atoms with E-state index in [1.54, 1.807) is 23.7 Å². The molecule has 3 heterocycles. The van der Waals surface area contributed by atoms with Crippen molar-refractivity contribution in [2.45, 2.75) is 44.2 Å². The Morgan fingerprint density at radius 2 is 1.96 bits per heavy atom. The first-order valence-electron chi connectivity index (χ1n) is 8.81. The standard InChI is InChI=1S/C19H19N5OS/c1-19(2)15-16(21-8-7-20-15)24(17(19)25)12-9-11(10-12)22-18-23-13-5-3-4-6-14(13)26-18/h3-8,11-12H,9-10H2,1-2H3,(H,22,23)/t11-,12+. The molecule has 7 heteroatoms. The lowest BCUT2D eigenvalue weighted by molar-refractivity contribution is -0.123. The van der Waals surface area contributed by atoms with Crippen LogP contribution in [0.4, 0.5) is 10.9 Å². The van der Waals surface area contributed by atoms with Gasteiger partial charge in [0.15, 0.2) is 10.9 Å². The predicted molar refractivity (Wildman–Crippen MR) is 103 cm³/mol. The third-order valence-electron chi connectivity index (χ3n) is 5.35. The van der Waals surface area contributed by atoms with Crippen LogP contribution < -0.4 is 10.2 Å². The van der Waals surface area contributed by atoms with Crippen LogP contribution in [-0.4, -0.2) is 32.9 Å². The first-order valence-corrected chi connectivity index (χ1v) is 9.63. The quantitative estimate of drug-likeness (QED) is 0.771. The lowest BCUT2D eigenvalue weighted by atomic mass is 9.85. The maximum atomic E-state index is 12.9. The van der Waals surface area contributed by atoms with E-state index in [0.29, 0.717) is 6.04 Å². The summed E-state index contributed by atoms with van der Waals surface area (Å²) in [6, 6.07) is 8.65. The number of anilines is 2. The normalized spacial score (nSPS) is 23.8. The zero-order chi connectivity index (χ0) is 17.9. The van der Waals surface area contributed by atoms with Crippen LogP contribution in [0.15, 0.2) is 36.7 Å². The number of amides is 1. The number of nitrogens with zero attached hydrogens (tertiary/aromatic N) is 4. The fourth-order valence-electron chi connectivity index (χ4n) is 3.81. The molecule has 1 amide bonds. The first kappa shape index (κ1) is 15.7. The highest BCUT2D eigenvalue weighted by atomic mass is 32.1. The minimum absolute atomic E-state index is 0.0992. The molecular weight excluding hydrogens is 346 g/mol. The first-order chi connectivity index (χ1) is 12.5. The van der Waals surface area contributed by atoms with Crippen molar-refractivity contribution in [1.82, 2.24) is 15.0 Å². The van der Waals surface area contributed by atoms with E-state index in [-0.39, 0.29) is 11.9 Å². The number of hydrogen-bond donors (Lipinski definition) is 1. The van der Waals surface area contributed by atoms with Crippen molar-refractivity contribution in [3.05, 3.63) is 42.4 Å². The second-order valence-corrected chi connectivity index (χ2v) is 8.51. The molecule has 6 nitrogen and oxygen atoms in total. The highest BCUT2D eigenvalue weighted by molar-refractivity contribution is 7.22. The van der Waals surface area contributed by atoms with E-state index in [1.807, 2.05) is 36.9 Å². The molecule has 3 aromatic rings. The Bertz CT molecular complexity index is 975. The number of para-hydroxylation sites is 1. The van der Waals surface area contributed by atoms with Gasteiger partial charge in [0.2, 0.25) is 5.91 Å². The van der Waals surface area contributed by atoms with Crippen molar-refractivity contribution >= 4 is 38.4 Å². The average molecular weight is 365 g/mol. The molecule has 0 unspecified atom stereocenters. The fraction of sp³-hybridized carbons (Fsp3) is 0.368. The highest BCUT2D eigenvalue weighted by Crippen LogP contribution is 2.43. The van der Waals surface area contributed by atoms with Gasteiger partial charge in [0.05, 0.1) is 21.3 Å². The Balaban J connectivity index is 1.32. The number of carbonyl (C=O) groups excluding carboxylic acids is 1. The van der Waals surface area contributed by atoms with Gasteiger partial charge in [-0.25, -0.2) is 9.97 Å². The van der Waals surface area contributed by atoms with E-state index in [2.05, 4.69) is 26.3 Å². The molecule has 2 aromatic heterocycles. The SMILES string of the molecule is CC1(C)C(=O)N([C@H]2C[C@@H](Nc3nc4ccccc4s3)C2)c2nccnc21. The summed E-state index contributed by atoms with van der Waals surface area (Å²) in [5.41, 5.74) is 1.21. The van der Waals surface area contributed by atoms with E-state index in [0.717, 1.165) is 35.0 Å². The number of fused-ring (bicyclic) bond motifs is 2. The summed E-state index contributed by atoms with van der Waals surface area (Å²) in [6.45, 7) is 3.86. The van der Waals surface area contributed by atoms with E-state index in [4.69, 9.17) is 0 Å². The minimum Gasteiger partial charge on any atom is -0.359 e. The molecule has 5 rings (SSSR count). The zero-order valence-corrected chi connectivity index (χ0v) is 15.5. The van der Waals surface area contributed by atoms with Gasteiger partial charge in [0.1, 0.15) is 0 Å². The molecule has 1 fully saturated rings. The summed E-state index contributed by atoms with van der Waals surface area (Å²) < 4.78 is 1.19. The molecule has 0 bridgehead atoms. The zero-order valence-electron chi connectivity index (χ0n) is 14.6. The van der Waals surface area contributed by atoms with Gasteiger partial charge in [0, 0.05) is 24.5 Å². The Morgan fingerprint density at radius 1 is 1.19 bits per heavy atom. The van der Waals surface area contributed by atoms with Gasteiger partial charge in [-0.15, -0.1) is 0 Å². The Morgan fingerprint density at radius 3 is 2.77 bits per heavy atom. The number of benzene rings is 1. The molecule has 1 N–H and O–H groups in total. The molecule has 1 aromatic carbocycles. The average Bonchev–Trinajstić information content (AvgIpc) is 3.09. The number of nitrogens with one attached hydrogen (secondary N) is 1. The molecule has 0 radical (unpaired) electrons. The van der Waals surface area contributed by atoms with Crippen molar-refractivity contribution in [1.29, 1.82) is 0 Å². The summed E-state index contributed by atoms with van der Waals surface area (Å²) in [4.78, 5) is 28.3. The predicted octanol–water partition coefficient (Wildman–Crippen LogP) is 3.35. The van der Waals surface area contributed by atoms with Crippen LogP contribution in [0.3, 0.4) is 0 Å². The molecule has 1 aliphatic heterocycles. The number of rotatable bonds is 3. The number of carbonyl (C=O) groups is 1. The van der Waals surface area contributed by atoms with Crippen molar-refractivity contribution in [2.24, 2.45) is 0 Å². The van der Waals surface area contributed by atoms with E-state index in [1.165, 1.54) is 4.70 Å². The smallest absolute Gasteiger partial charge is 0.240 e. The molecule has 132 valence electrons. The molecule has 1 saturated carbocycles. The van der Waals surface area contributed by atoms with E-state index < -0.39 is 5.41 Å². The Kier molecular flexibility index (Phi) is 3.31. The summed E-state index contributed by atoms with van der Waals surface area (Å²) in [7, 11) is 0. The third-order valence-corrected chi connectivity index (χ3v) is 6.32. The van der Waals surface area contributed by atoms with Crippen molar-refractivity contribution in [3.8, 4) is 0 Å². The topological polar surface area (TPSA) is 71.0 Å². The molecule has 0 atom stereocenters. The summed E-state index contributed by atoms with van der Waals surface area (Å²) in [6.07, 6.45) is 5.12. The van der Waals surface area contributed by atoms with Gasteiger partial charge in [-0.3, -0.25) is 14.7 Å². The minimum atomic E-state index is -0.602. The van der Waals surface area contributed by atoms with Crippen molar-refractivity contribution in [2.75, 3.05) is 10.2 Å². The van der Waals surface area contributed by atoms with Gasteiger partial charge >= 0.3 is 0 Å². The summed E-state index contributed by atoms with van der Waals surface area (Å²) in [5, 5.41) is 4.46. The van der Waals surface area contributed by atoms with Crippen LogP contribution in [0.2, 0.25) is 0 Å². The lowest BCUT2D eigenvalue weighted by Gasteiger charge is -2.41. The Labute approximate surface area is 155 Å². The molecule has 0 spiro atoms. The van der Waals surface area contributed by atoms with Crippen LogP contribution in [0.1, 0.15) is 32.4 Å². The van der Waals surface area contributed by atoms with E-state index in [9.17, 15) is 4.79 Å². The number of aromatic nitrogens is 3. The third kappa shape index (κ3) is 2.23. The van der Waals surface area contributed by atoms with Gasteiger partial charge in [-0.2, -0.15) is 0 Å². The van der Waals surface area contributed by atoms with Gasteiger partial charge < -0.3 is 5.32 Å². The molecule has 2 aliphatic rings. The van der Waals surface area contributed by atoms with Crippen LogP contribution in [0, 0.1) is 0 Å². The van der Waals surface area contributed by atoms with Crippen molar-refractivity contribution < 1.29 is 4.79 Å². The fourth-order valence-corrected chi connectivity index (χ4v) is 4.75. The maximum absolute atomic E-state index is 12.9. The van der Waals surface area contributed by atoms with Crippen LogP contribution >= 0.6 is 11.3 Å². The largest absolute Gasteiger partial charge is 0.359 e. The summed E-state index contributed by atoms with van der Waals surface area (Å²) >= 11 is 1.67. The number of hydrogen-bond acceptors (Lipinski definition) is 6. The monoisotopic (exact) mass is 365 g/mol. The van der Waals surface area contributed by atoms with Gasteiger partial charge in [0.25, 0.3) is 0 Å². The van der Waals surface area contributed by atoms with Crippen molar-refractivity contribution in [3.63, 3.8) is 0 Å². The second kappa shape index (κ2) is 5.48. The molecular formula is C19H19N5OS. The second-order valence-electron chi connectivity index (χ2n) is 7.48. The van der Waals surface area contributed by atoms with E-state index >= 15 is 0 Å².